The largest absolute Gasteiger partial charge is 0.396 e. The molecule has 0 unspecified atom stereocenters. The molecule has 1 heterocycles. The molecule has 0 aliphatic carbocycles. The quantitative estimate of drug-likeness (QED) is 0.849. The van der Waals surface area contributed by atoms with E-state index in [0.29, 0.717) is 23.7 Å². The van der Waals surface area contributed by atoms with Gasteiger partial charge < -0.3 is 10.4 Å². The molecule has 2 rings (SSSR count). The number of amides is 1. The Morgan fingerprint density at radius 1 is 1.29 bits per heavy atom. The van der Waals surface area contributed by atoms with Crippen LogP contribution in [0.1, 0.15) is 50.6 Å². The number of aromatic nitrogens is 2. The van der Waals surface area contributed by atoms with Crippen LogP contribution in [0.25, 0.3) is 10.8 Å². The van der Waals surface area contributed by atoms with E-state index in [4.69, 9.17) is 5.11 Å². The highest BCUT2D eigenvalue weighted by Crippen LogP contribution is 2.19. The third-order valence-corrected chi connectivity index (χ3v) is 4.05. The molecule has 0 radical (unpaired) electrons. The lowest BCUT2D eigenvalue weighted by Gasteiger charge is -2.24. The van der Waals surface area contributed by atoms with Crippen LogP contribution >= 0.6 is 0 Å². The van der Waals surface area contributed by atoms with Gasteiger partial charge in [0.05, 0.1) is 11.4 Å². The first kappa shape index (κ1) is 18.1. The summed E-state index contributed by atoms with van der Waals surface area (Å²) in [5.41, 5.74) is -0.163. The zero-order valence-corrected chi connectivity index (χ0v) is 14.7. The predicted molar refractivity (Wildman–Crippen MR) is 94.2 cm³/mol. The Labute approximate surface area is 141 Å². The van der Waals surface area contributed by atoms with Crippen molar-refractivity contribution < 1.29 is 9.90 Å². The number of carbonyl (C=O) groups excluding carboxylic acids is 1. The standard InChI is InChI=1S/C18H25N3O3/c1-12(2)21-17(24)14-8-6-5-7-13(14)15(20-21)16(23)19-11-18(3,4)9-10-22/h5-8,12,22H,9-11H2,1-4H3,(H,19,23). The van der Waals surface area contributed by atoms with Crippen LogP contribution in [0.3, 0.4) is 0 Å². The summed E-state index contributed by atoms with van der Waals surface area (Å²) < 4.78 is 1.34. The first-order valence-corrected chi connectivity index (χ1v) is 8.17. The van der Waals surface area contributed by atoms with Crippen molar-refractivity contribution in [3.8, 4) is 0 Å². The maximum absolute atomic E-state index is 12.6. The Kier molecular flexibility index (Phi) is 5.39. The second-order valence-electron chi connectivity index (χ2n) is 7.06. The number of rotatable bonds is 6. The lowest BCUT2D eigenvalue weighted by molar-refractivity contribution is 0.0922. The second-order valence-corrected chi connectivity index (χ2v) is 7.06. The average molecular weight is 331 g/mol. The number of hydrogen-bond acceptors (Lipinski definition) is 4. The Morgan fingerprint density at radius 2 is 1.92 bits per heavy atom. The molecule has 0 bridgehead atoms. The molecule has 2 aromatic rings. The summed E-state index contributed by atoms with van der Waals surface area (Å²) in [6.45, 7) is 8.16. The maximum atomic E-state index is 12.6. The molecule has 130 valence electrons. The van der Waals surface area contributed by atoms with E-state index in [9.17, 15) is 9.59 Å². The molecule has 0 saturated heterocycles. The van der Waals surface area contributed by atoms with Crippen molar-refractivity contribution >= 4 is 16.7 Å². The van der Waals surface area contributed by atoms with Crippen molar-refractivity contribution in [2.24, 2.45) is 5.41 Å². The van der Waals surface area contributed by atoms with Gasteiger partial charge in [0, 0.05) is 18.5 Å². The van der Waals surface area contributed by atoms with Gasteiger partial charge in [-0.3, -0.25) is 9.59 Å². The summed E-state index contributed by atoms with van der Waals surface area (Å²) in [6, 6.07) is 6.88. The van der Waals surface area contributed by atoms with E-state index in [1.807, 2.05) is 27.7 Å². The molecule has 6 nitrogen and oxygen atoms in total. The van der Waals surface area contributed by atoms with E-state index in [0.717, 1.165) is 0 Å². The molecular formula is C18H25N3O3. The highest BCUT2D eigenvalue weighted by molar-refractivity contribution is 6.04. The number of aliphatic hydroxyl groups is 1. The first-order chi connectivity index (χ1) is 11.3. The van der Waals surface area contributed by atoms with Crippen LogP contribution < -0.4 is 10.9 Å². The SMILES string of the molecule is CC(C)n1nc(C(=O)NCC(C)(C)CCO)c2ccccc2c1=O. The van der Waals surface area contributed by atoms with Gasteiger partial charge in [-0.1, -0.05) is 32.0 Å². The van der Waals surface area contributed by atoms with E-state index in [2.05, 4.69) is 10.4 Å². The van der Waals surface area contributed by atoms with Crippen LogP contribution in [0.4, 0.5) is 0 Å². The van der Waals surface area contributed by atoms with Crippen LogP contribution in [0.5, 0.6) is 0 Å². The Morgan fingerprint density at radius 3 is 2.50 bits per heavy atom. The van der Waals surface area contributed by atoms with Gasteiger partial charge in [-0.25, -0.2) is 4.68 Å². The molecule has 6 heteroatoms. The fourth-order valence-corrected chi connectivity index (χ4v) is 2.52. The van der Waals surface area contributed by atoms with E-state index < -0.39 is 0 Å². The van der Waals surface area contributed by atoms with E-state index in [1.165, 1.54) is 4.68 Å². The Bertz CT molecular complexity index is 794. The number of fused-ring (bicyclic) bond motifs is 1. The van der Waals surface area contributed by atoms with Crippen LogP contribution in [-0.4, -0.2) is 33.9 Å². The molecule has 0 spiro atoms. The van der Waals surface area contributed by atoms with E-state index >= 15 is 0 Å². The second kappa shape index (κ2) is 7.13. The van der Waals surface area contributed by atoms with Gasteiger partial charge in [-0.2, -0.15) is 5.10 Å². The molecule has 2 N–H and O–H groups in total. The fourth-order valence-electron chi connectivity index (χ4n) is 2.52. The summed E-state index contributed by atoms with van der Waals surface area (Å²) in [6.07, 6.45) is 0.590. The van der Waals surface area contributed by atoms with Crippen molar-refractivity contribution in [2.75, 3.05) is 13.2 Å². The summed E-state index contributed by atoms with van der Waals surface area (Å²) in [7, 11) is 0. The lowest BCUT2D eigenvalue weighted by atomic mass is 9.90. The van der Waals surface area contributed by atoms with Crippen LogP contribution in [0, 0.1) is 5.41 Å². The van der Waals surface area contributed by atoms with Crippen molar-refractivity contribution in [3.05, 3.63) is 40.3 Å². The predicted octanol–water partition coefficient (Wildman–Crippen LogP) is 2.12. The zero-order valence-electron chi connectivity index (χ0n) is 14.7. The molecule has 1 amide bonds. The highest BCUT2D eigenvalue weighted by Gasteiger charge is 2.21. The number of nitrogens with one attached hydrogen (secondary N) is 1. The highest BCUT2D eigenvalue weighted by atomic mass is 16.3. The Balaban J connectivity index is 2.42. The van der Waals surface area contributed by atoms with Gasteiger partial charge in [0.15, 0.2) is 5.69 Å². The van der Waals surface area contributed by atoms with Gasteiger partial charge in [-0.15, -0.1) is 0 Å². The molecule has 1 aromatic carbocycles. The molecule has 1 aromatic heterocycles. The minimum absolute atomic E-state index is 0.0717. The van der Waals surface area contributed by atoms with Gasteiger partial charge in [0.2, 0.25) is 0 Å². The smallest absolute Gasteiger partial charge is 0.274 e. The topological polar surface area (TPSA) is 84.2 Å². The van der Waals surface area contributed by atoms with Crippen LogP contribution in [-0.2, 0) is 0 Å². The summed E-state index contributed by atoms with van der Waals surface area (Å²) in [5, 5.41) is 17.3. The van der Waals surface area contributed by atoms with E-state index in [1.54, 1.807) is 24.3 Å². The first-order valence-electron chi connectivity index (χ1n) is 8.17. The molecule has 24 heavy (non-hydrogen) atoms. The average Bonchev–Trinajstić information content (AvgIpc) is 2.53. The molecule has 0 fully saturated rings. The van der Waals surface area contributed by atoms with Gasteiger partial charge in [-0.05, 0) is 31.7 Å². The summed E-state index contributed by atoms with van der Waals surface area (Å²) in [5.74, 6) is -0.313. The van der Waals surface area contributed by atoms with Crippen LogP contribution in [0.15, 0.2) is 29.1 Å². The fraction of sp³-hybridized carbons (Fsp3) is 0.500. The Hall–Kier alpha value is -2.21. The van der Waals surface area contributed by atoms with Gasteiger partial charge in [0.25, 0.3) is 11.5 Å². The molecule has 0 aliphatic rings. The van der Waals surface area contributed by atoms with Crippen molar-refractivity contribution in [2.45, 2.75) is 40.2 Å². The monoisotopic (exact) mass is 331 g/mol. The summed E-state index contributed by atoms with van der Waals surface area (Å²) >= 11 is 0. The normalized spacial score (nSPS) is 11.9. The van der Waals surface area contributed by atoms with Crippen molar-refractivity contribution in [1.29, 1.82) is 0 Å². The van der Waals surface area contributed by atoms with Crippen LogP contribution in [0.2, 0.25) is 0 Å². The third kappa shape index (κ3) is 3.82. The molecule has 0 aliphatic heterocycles. The number of benzene rings is 1. The molecule has 0 saturated carbocycles. The number of aliphatic hydroxyl groups excluding tert-OH is 1. The van der Waals surface area contributed by atoms with E-state index in [-0.39, 0.29) is 35.2 Å². The van der Waals surface area contributed by atoms with Crippen molar-refractivity contribution in [1.82, 2.24) is 15.1 Å². The number of hydrogen-bond donors (Lipinski definition) is 2. The number of nitrogens with zero attached hydrogens (tertiary/aromatic N) is 2. The van der Waals surface area contributed by atoms with Gasteiger partial charge >= 0.3 is 0 Å². The third-order valence-electron chi connectivity index (χ3n) is 4.05. The lowest BCUT2D eigenvalue weighted by Crippen LogP contribution is -2.36. The minimum Gasteiger partial charge on any atom is -0.396 e. The maximum Gasteiger partial charge on any atom is 0.274 e. The molecular weight excluding hydrogens is 306 g/mol. The zero-order chi connectivity index (χ0) is 17.9. The number of carbonyl (C=O) groups is 1. The molecule has 0 atom stereocenters. The van der Waals surface area contributed by atoms with Crippen molar-refractivity contribution in [3.63, 3.8) is 0 Å². The summed E-state index contributed by atoms with van der Waals surface area (Å²) in [4.78, 5) is 25.1. The minimum atomic E-state index is -0.313. The van der Waals surface area contributed by atoms with Gasteiger partial charge in [0.1, 0.15) is 0 Å².